The van der Waals surface area contributed by atoms with Gasteiger partial charge in [0, 0.05) is 65.4 Å². The number of aliphatic hydroxyl groups is 2. The van der Waals surface area contributed by atoms with Crippen LogP contribution in [0.3, 0.4) is 0 Å². The van der Waals surface area contributed by atoms with Crippen LogP contribution in [0.1, 0.15) is 50.6 Å². The van der Waals surface area contributed by atoms with Crippen LogP contribution < -0.4 is 0 Å². The summed E-state index contributed by atoms with van der Waals surface area (Å²) in [5.74, 6) is 0.681. The summed E-state index contributed by atoms with van der Waals surface area (Å²) in [5, 5.41) is 27.9. The van der Waals surface area contributed by atoms with Gasteiger partial charge in [0.2, 0.25) is 0 Å². The molecule has 3 aliphatic rings. The topological polar surface area (TPSA) is 66.1 Å². The molecule has 1 fully saturated rings. The van der Waals surface area contributed by atoms with Crippen molar-refractivity contribution in [2.24, 2.45) is 5.92 Å². The first-order valence-corrected chi connectivity index (χ1v) is 20.8. The van der Waals surface area contributed by atoms with E-state index in [9.17, 15) is 10.2 Å². The second-order valence-electron chi connectivity index (χ2n) is 15.7. The van der Waals surface area contributed by atoms with Gasteiger partial charge in [-0.2, -0.15) is 0 Å². The van der Waals surface area contributed by atoms with E-state index in [1.54, 1.807) is 0 Å². The normalized spacial score (nSPS) is 21.0. The summed E-state index contributed by atoms with van der Waals surface area (Å²) in [7, 11) is 0. The molecule has 0 amide bonds. The van der Waals surface area contributed by atoms with Gasteiger partial charge in [0.1, 0.15) is 6.10 Å². The van der Waals surface area contributed by atoms with Crippen molar-refractivity contribution >= 4 is 65.4 Å². The predicted octanol–water partition coefficient (Wildman–Crippen LogP) is 13.0. The van der Waals surface area contributed by atoms with Crippen LogP contribution in [0.25, 0.3) is 65.4 Å². The molecule has 3 heterocycles. The summed E-state index contributed by atoms with van der Waals surface area (Å²) in [6.45, 7) is 3.69. The van der Waals surface area contributed by atoms with E-state index in [1.807, 2.05) is 30.3 Å². The number of benzene rings is 6. The quantitative estimate of drug-likeness (QED) is 0.157. The van der Waals surface area contributed by atoms with Crippen molar-refractivity contribution in [1.82, 2.24) is 14.1 Å². The lowest BCUT2D eigenvalue weighted by atomic mass is 10.1. The molecule has 0 bridgehead atoms. The maximum atomic E-state index is 10.3. The van der Waals surface area contributed by atoms with Gasteiger partial charge in [0.05, 0.1) is 18.2 Å². The third-order valence-electron chi connectivity index (χ3n) is 12.2. The molecular weight excluding hydrogens is 711 g/mol. The number of fused-ring (bicyclic) bond motifs is 9. The predicted molar refractivity (Wildman–Crippen MR) is 244 cm³/mol. The Labute approximate surface area is 339 Å². The number of aromatic nitrogens is 3. The van der Waals surface area contributed by atoms with Gasteiger partial charge in [-0.25, -0.2) is 0 Å². The Morgan fingerprint density at radius 3 is 1.31 bits per heavy atom. The molecule has 5 atom stereocenters. The molecule has 1 saturated carbocycles. The van der Waals surface area contributed by atoms with Crippen molar-refractivity contribution in [2.45, 2.75) is 62.8 Å². The number of aromatic amines is 1. The Morgan fingerprint density at radius 1 is 0.483 bits per heavy atom. The minimum atomic E-state index is -0.686. The molecule has 1 unspecified atom stereocenters. The van der Waals surface area contributed by atoms with Gasteiger partial charge < -0.3 is 24.3 Å². The van der Waals surface area contributed by atoms with Crippen molar-refractivity contribution in [3.05, 3.63) is 183 Å². The fourth-order valence-corrected chi connectivity index (χ4v) is 9.32. The fraction of sp³-hybridized carbons (Fsp3) is 0.208. The van der Waals surface area contributed by atoms with E-state index in [0.29, 0.717) is 18.4 Å². The first-order valence-electron chi connectivity index (χ1n) is 20.8. The lowest BCUT2D eigenvalue weighted by molar-refractivity contribution is 0.0250. The first-order chi connectivity index (χ1) is 28.6. The van der Waals surface area contributed by atoms with E-state index in [-0.39, 0.29) is 6.04 Å². The fourth-order valence-electron chi connectivity index (χ4n) is 9.32. The Hall–Kier alpha value is -6.14. The molecule has 9 aromatic rings. The largest absolute Gasteiger partial charge is 0.390 e. The van der Waals surface area contributed by atoms with Gasteiger partial charge in [-0.1, -0.05) is 140 Å². The molecule has 0 aliphatic heterocycles. The summed E-state index contributed by atoms with van der Waals surface area (Å²) < 4.78 is 4.69. The van der Waals surface area contributed by atoms with Crippen molar-refractivity contribution in [3.8, 4) is 0 Å². The zero-order chi connectivity index (χ0) is 39.4. The third-order valence-corrected chi connectivity index (χ3v) is 12.2. The molecule has 290 valence electrons. The van der Waals surface area contributed by atoms with Gasteiger partial charge in [0.25, 0.3) is 0 Å². The second kappa shape index (κ2) is 16.8. The number of hydrogen-bond donors (Lipinski definition) is 3. The molecule has 0 spiro atoms. The van der Waals surface area contributed by atoms with Gasteiger partial charge in [-0.05, 0) is 80.8 Å². The average Bonchev–Trinajstić information content (AvgIpc) is 4.15. The van der Waals surface area contributed by atoms with Crippen molar-refractivity contribution in [1.29, 1.82) is 0 Å². The molecule has 12 rings (SSSR count). The SMILES string of the molecule is C1=C[C@@H](n2c3ccccc3c3ccccc32)CC1.C=CC1C=CCC1.O[C@H]1[C@@H](O)CC[C@@H]1n1c2ccccc2c2ccccc21.c1ccc2c(c1)[nH]c1ccccc12. The highest BCUT2D eigenvalue weighted by molar-refractivity contribution is 6.09. The number of H-pyrrole nitrogens is 1. The van der Waals surface area contributed by atoms with Crippen LogP contribution in [0.4, 0.5) is 0 Å². The molecule has 58 heavy (non-hydrogen) atoms. The van der Waals surface area contributed by atoms with Crippen LogP contribution in [-0.2, 0) is 0 Å². The minimum absolute atomic E-state index is 0.0465. The highest BCUT2D eigenvalue weighted by Gasteiger charge is 2.36. The highest BCUT2D eigenvalue weighted by Crippen LogP contribution is 2.39. The van der Waals surface area contributed by atoms with Gasteiger partial charge >= 0.3 is 0 Å². The molecular formula is C53H51N3O2. The lowest BCUT2D eigenvalue weighted by Crippen LogP contribution is -2.26. The number of para-hydroxylation sites is 6. The summed E-state index contributed by atoms with van der Waals surface area (Å²) in [6, 6.07) is 51.2. The monoisotopic (exact) mass is 761 g/mol. The smallest absolute Gasteiger partial charge is 0.101 e. The first kappa shape index (κ1) is 37.4. The zero-order valence-electron chi connectivity index (χ0n) is 32.9. The summed E-state index contributed by atoms with van der Waals surface area (Å²) in [4.78, 5) is 3.38. The van der Waals surface area contributed by atoms with Crippen molar-refractivity contribution in [2.75, 3.05) is 0 Å². The summed E-state index contributed by atoms with van der Waals surface area (Å²) in [6.07, 6.45) is 16.2. The van der Waals surface area contributed by atoms with Crippen LogP contribution in [0, 0.1) is 5.92 Å². The van der Waals surface area contributed by atoms with Crippen LogP contribution >= 0.6 is 0 Å². The number of nitrogens with zero attached hydrogens (tertiary/aromatic N) is 2. The lowest BCUT2D eigenvalue weighted by Gasteiger charge is -2.20. The van der Waals surface area contributed by atoms with Gasteiger partial charge in [-0.15, -0.1) is 6.58 Å². The van der Waals surface area contributed by atoms with E-state index < -0.39 is 12.2 Å². The van der Waals surface area contributed by atoms with Crippen molar-refractivity contribution < 1.29 is 10.2 Å². The molecule has 3 aliphatic carbocycles. The van der Waals surface area contributed by atoms with Gasteiger partial charge in [-0.3, -0.25) is 0 Å². The molecule has 0 saturated heterocycles. The van der Waals surface area contributed by atoms with E-state index in [2.05, 4.69) is 166 Å². The Balaban J connectivity index is 0.000000106. The molecule has 5 heteroatoms. The minimum Gasteiger partial charge on any atom is -0.390 e. The van der Waals surface area contributed by atoms with E-state index in [1.165, 1.54) is 80.1 Å². The number of hydrogen-bond acceptors (Lipinski definition) is 2. The highest BCUT2D eigenvalue weighted by atomic mass is 16.3. The number of aliphatic hydroxyl groups excluding tert-OH is 2. The third kappa shape index (κ3) is 7.17. The van der Waals surface area contributed by atoms with Crippen molar-refractivity contribution in [3.63, 3.8) is 0 Å². The Kier molecular flexibility index (Phi) is 10.8. The Morgan fingerprint density at radius 2 is 0.914 bits per heavy atom. The molecule has 3 aromatic heterocycles. The molecule has 6 aromatic carbocycles. The maximum Gasteiger partial charge on any atom is 0.101 e. The van der Waals surface area contributed by atoms with Crippen LogP contribution in [0.2, 0.25) is 0 Å². The van der Waals surface area contributed by atoms with E-state index >= 15 is 0 Å². The van der Waals surface area contributed by atoms with Crippen LogP contribution in [0.5, 0.6) is 0 Å². The molecule has 5 nitrogen and oxygen atoms in total. The number of nitrogens with one attached hydrogen (secondary N) is 1. The average molecular weight is 762 g/mol. The second-order valence-corrected chi connectivity index (χ2v) is 15.7. The zero-order valence-corrected chi connectivity index (χ0v) is 32.9. The van der Waals surface area contributed by atoms with Crippen LogP contribution in [0.15, 0.2) is 183 Å². The summed E-state index contributed by atoms with van der Waals surface area (Å²) in [5.41, 5.74) is 7.40. The summed E-state index contributed by atoms with van der Waals surface area (Å²) >= 11 is 0. The van der Waals surface area contributed by atoms with E-state index in [4.69, 9.17) is 0 Å². The number of allylic oxidation sites excluding steroid dienone is 5. The van der Waals surface area contributed by atoms with E-state index in [0.717, 1.165) is 17.5 Å². The number of rotatable bonds is 3. The van der Waals surface area contributed by atoms with Gasteiger partial charge in [0.15, 0.2) is 0 Å². The molecule has 0 radical (unpaired) electrons. The molecule has 3 N–H and O–H groups in total. The Bertz CT molecular complexity index is 2750. The maximum absolute atomic E-state index is 10.3. The standard InChI is InChI=1S/C17H17NO2.C17H15N.C12H9N.C7H10/c19-16-10-9-15(17(16)20)18-13-7-3-1-5-11(13)12-6-2-4-8-14(12)18;1-2-8-13(7-1)18-16-11-5-3-9-14(16)15-10-4-6-12-17(15)18;1-3-7-11-9(5-1)10-6-2-4-8-12(10)13-11;1-2-7-5-3-4-6-7/h1-8,15-17,19-20H,9-10H2;1,3-7,9-13H,2,8H2;1-8,13H;2-3,5,7H,1,4,6H2/t15-,16-,17+;13-;;/m01../s1. The van der Waals surface area contributed by atoms with Crippen LogP contribution in [-0.4, -0.2) is 36.5 Å².